The Kier molecular flexibility index (Phi) is 2.84. The molecule has 0 aliphatic carbocycles. The van der Waals surface area contributed by atoms with E-state index in [1.165, 1.54) is 0 Å². The van der Waals surface area contributed by atoms with Crippen molar-refractivity contribution in [1.29, 1.82) is 5.26 Å². The van der Waals surface area contributed by atoms with Crippen LogP contribution in [0.3, 0.4) is 0 Å². The molecule has 1 N–H and O–H groups in total. The minimum absolute atomic E-state index is 0.0288. The number of Topliss-reactive ketones (excluding diaryl/α,β-unsaturated/α-hetero) is 1. The monoisotopic (exact) mass is 254 g/mol. The molecule has 4 heteroatoms. The number of rotatable bonds is 2. The van der Waals surface area contributed by atoms with Gasteiger partial charge in [-0.05, 0) is 24.5 Å². The van der Waals surface area contributed by atoms with Crippen molar-refractivity contribution in [1.82, 2.24) is 4.98 Å². The molecule has 19 heavy (non-hydrogen) atoms. The van der Waals surface area contributed by atoms with Crippen molar-refractivity contribution in [3.05, 3.63) is 35.5 Å². The van der Waals surface area contributed by atoms with Crippen LogP contribution in [0.1, 0.15) is 29.3 Å². The molecule has 1 aromatic heterocycles. The number of aromatic amines is 1. The van der Waals surface area contributed by atoms with Gasteiger partial charge in [0, 0.05) is 29.3 Å². The average Bonchev–Trinajstić information content (AvgIpc) is 3.03. The zero-order valence-electron chi connectivity index (χ0n) is 10.6. The number of nitrogens with zero attached hydrogens (tertiary/aromatic N) is 1. The van der Waals surface area contributed by atoms with Crippen molar-refractivity contribution in [2.24, 2.45) is 5.92 Å². The highest BCUT2D eigenvalue weighted by Crippen LogP contribution is 2.28. The van der Waals surface area contributed by atoms with Crippen molar-refractivity contribution in [3.63, 3.8) is 0 Å². The van der Waals surface area contributed by atoms with E-state index in [-0.39, 0.29) is 17.8 Å². The van der Waals surface area contributed by atoms with Crippen LogP contribution in [-0.4, -0.2) is 23.5 Å². The summed E-state index contributed by atoms with van der Waals surface area (Å²) in [7, 11) is 0. The molecule has 1 saturated heterocycles. The molecule has 1 aliphatic heterocycles. The molecule has 2 heterocycles. The smallest absolute Gasteiger partial charge is 0.194 e. The second-order valence-corrected chi connectivity index (χ2v) is 4.96. The van der Waals surface area contributed by atoms with Crippen LogP contribution in [0.5, 0.6) is 0 Å². The molecule has 0 spiro atoms. The molecule has 0 radical (unpaired) electrons. The van der Waals surface area contributed by atoms with Gasteiger partial charge in [0.05, 0.1) is 11.6 Å². The number of nitriles is 1. The van der Waals surface area contributed by atoms with Gasteiger partial charge in [-0.3, -0.25) is 4.79 Å². The Bertz CT molecular complexity index is 681. The van der Waals surface area contributed by atoms with Crippen LogP contribution in [0.2, 0.25) is 0 Å². The van der Waals surface area contributed by atoms with Gasteiger partial charge < -0.3 is 9.72 Å². The third-order valence-electron chi connectivity index (χ3n) is 3.74. The number of aromatic nitrogens is 1. The average molecular weight is 254 g/mol. The number of fused-ring (bicyclic) bond motifs is 1. The molecule has 2 unspecified atom stereocenters. The van der Waals surface area contributed by atoms with E-state index in [2.05, 4.69) is 11.1 Å². The lowest BCUT2D eigenvalue weighted by molar-refractivity contribution is 0.0581. The maximum absolute atomic E-state index is 12.5. The number of hydrogen-bond acceptors (Lipinski definition) is 3. The number of H-pyrrole nitrogens is 1. The summed E-state index contributed by atoms with van der Waals surface area (Å²) >= 11 is 0. The summed E-state index contributed by atoms with van der Waals surface area (Å²) in [4.78, 5) is 15.6. The SMILES string of the molecule is CC1CCOC1C(=O)c1c[nH]c2cccc(C#N)c12. The van der Waals surface area contributed by atoms with E-state index in [9.17, 15) is 10.1 Å². The molecule has 1 aliphatic rings. The molecule has 1 fully saturated rings. The van der Waals surface area contributed by atoms with Crippen LogP contribution in [0.25, 0.3) is 10.9 Å². The van der Waals surface area contributed by atoms with E-state index in [1.54, 1.807) is 18.3 Å². The maximum atomic E-state index is 12.5. The number of ketones is 1. The Labute approximate surface area is 111 Å². The molecule has 0 saturated carbocycles. The van der Waals surface area contributed by atoms with Crippen molar-refractivity contribution in [2.45, 2.75) is 19.4 Å². The fourth-order valence-corrected chi connectivity index (χ4v) is 2.66. The highest BCUT2D eigenvalue weighted by atomic mass is 16.5. The summed E-state index contributed by atoms with van der Waals surface area (Å²) in [6.45, 7) is 2.65. The highest BCUT2D eigenvalue weighted by molar-refractivity contribution is 6.11. The zero-order chi connectivity index (χ0) is 13.4. The molecule has 0 bridgehead atoms. The van der Waals surface area contributed by atoms with Gasteiger partial charge in [0.2, 0.25) is 0 Å². The summed E-state index contributed by atoms with van der Waals surface area (Å²) in [5, 5.41) is 9.88. The summed E-state index contributed by atoms with van der Waals surface area (Å²) in [5.41, 5.74) is 1.90. The number of hydrogen-bond donors (Lipinski definition) is 1. The summed E-state index contributed by atoms with van der Waals surface area (Å²) in [5.74, 6) is 0.200. The number of carbonyl (C=O) groups excluding carboxylic acids is 1. The van der Waals surface area contributed by atoms with E-state index in [4.69, 9.17) is 4.74 Å². The molecular formula is C15H14N2O2. The summed E-state index contributed by atoms with van der Waals surface area (Å²) in [6.07, 6.45) is 2.21. The van der Waals surface area contributed by atoms with Crippen LogP contribution >= 0.6 is 0 Å². The van der Waals surface area contributed by atoms with Gasteiger partial charge in [-0.1, -0.05) is 13.0 Å². The van der Waals surface area contributed by atoms with Gasteiger partial charge in [0.25, 0.3) is 0 Å². The Balaban J connectivity index is 2.11. The van der Waals surface area contributed by atoms with E-state index >= 15 is 0 Å². The third kappa shape index (κ3) is 1.83. The van der Waals surface area contributed by atoms with Gasteiger partial charge >= 0.3 is 0 Å². The van der Waals surface area contributed by atoms with Gasteiger partial charge in [0.1, 0.15) is 6.10 Å². The minimum atomic E-state index is -0.384. The molecule has 4 nitrogen and oxygen atoms in total. The first-order chi connectivity index (χ1) is 9.22. The first-order valence-corrected chi connectivity index (χ1v) is 6.38. The molecule has 3 rings (SSSR count). The zero-order valence-corrected chi connectivity index (χ0v) is 10.6. The fourth-order valence-electron chi connectivity index (χ4n) is 2.66. The van der Waals surface area contributed by atoms with Crippen LogP contribution in [0.15, 0.2) is 24.4 Å². The van der Waals surface area contributed by atoms with Crippen LogP contribution in [0, 0.1) is 17.2 Å². The molecule has 1 aromatic carbocycles. The topological polar surface area (TPSA) is 65.9 Å². The van der Waals surface area contributed by atoms with Gasteiger partial charge in [-0.25, -0.2) is 0 Å². The standard InChI is InChI=1S/C15H14N2O2/c1-9-5-6-19-15(9)14(18)11-8-17-12-4-2-3-10(7-16)13(11)12/h2-4,8-9,15,17H,5-6H2,1H3. The number of benzene rings is 1. The van der Waals surface area contributed by atoms with Crippen molar-refractivity contribution >= 4 is 16.7 Å². The lowest BCUT2D eigenvalue weighted by Crippen LogP contribution is -2.25. The quantitative estimate of drug-likeness (QED) is 0.838. The second kappa shape index (κ2) is 4.52. The summed E-state index contributed by atoms with van der Waals surface area (Å²) in [6, 6.07) is 7.54. The van der Waals surface area contributed by atoms with Crippen molar-refractivity contribution < 1.29 is 9.53 Å². The maximum Gasteiger partial charge on any atom is 0.194 e. The number of carbonyl (C=O) groups is 1. The van der Waals surface area contributed by atoms with Crippen LogP contribution < -0.4 is 0 Å². The molecular weight excluding hydrogens is 240 g/mol. The lowest BCUT2D eigenvalue weighted by atomic mass is 9.95. The minimum Gasteiger partial charge on any atom is -0.370 e. The van der Waals surface area contributed by atoms with Crippen LogP contribution in [-0.2, 0) is 4.74 Å². The predicted octanol–water partition coefficient (Wildman–Crippen LogP) is 2.65. The Hall–Kier alpha value is -2.12. The molecule has 96 valence electrons. The van der Waals surface area contributed by atoms with Gasteiger partial charge in [0.15, 0.2) is 5.78 Å². The van der Waals surface area contributed by atoms with Crippen molar-refractivity contribution in [2.75, 3.05) is 6.61 Å². The fraction of sp³-hybridized carbons (Fsp3) is 0.333. The van der Waals surface area contributed by atoms with E-state index < -0.39 is 0 Å². The Morgan fingerprint density at radius 2 is 2.37 bits per heavy atom. The van der Waals surface area contributed by atoms with Gasteiger partial charge in [-0.15, -0.1) is 0 Å². The number of nitrogens with one attached hydrogen (secondary N) is 1. The van der Waals surface area contributed by atoms with E-state index in [0.29, 0.717) is 23.1 Å². The number of ether oxygens (including phenoxy) is 1. The molecule has 2 aromatic rings. The predicted molar refractivity (Wildman–Crippen MR) is 70.9 cm³/mol. The van der Waals surface area contributed by atoms with Gasteiger partial charge in [-0.2, -0.15) is 5.26 Å². The van der Waals surface area contributed by atoms with Crippen molar-refractivity contribution in [3.8, 4) is 6.07 Å². The van der Waals surface area contributed by atoms with E-state index in [0.717, 1.165) is 11.9 Å². The molecule has 2 atom stereocenters. The Morgan fingerprint density at radius 3 is 3.05 bits per heavy atom. The summed E-state index contributed by atoms with van der Waals surface area (Å²) < 4.78 is 5.53. The lowest BCUT2D eigenvalue weighted by Gasteiger charge is -2.12. The second-order valence-electron chi connectivity index (χ2n) is 4.96. The largest absolute Gasteiger partial charge is 0.370 e. The third-order valence-corrected chi connectivity index (χ3v) is 3.74. The van der Waals surface area contributed by atoms with Crippen LogP contribution in [0.4, 0.5) is 0 Å². The van der Waals surface area contributed by atoms with E-state index in [1.807, 2.05) is 13.0 Å². The first-order valence-electron chi connectivity index (χ1n) is 6.38. The highest BCUT2D eigenvalue weighted by Gasteiger charge is 2.33. The Morgan fingerprint density at radius 1 is 1.53 bits per heavy atom. The normalized spacial score (nSPS) is 22.5. The first kappa shape index (κ1) is 11.9. The molecule has 0 amide bonds.